The predicted octanol–water partition coefficient (Wildman–Crippen LogP) is 5.12. The third kappa shape index (κ3) is 6.92. The zero-order valence-electron chi connectivity index (χ0n) is 20.8. The third-order valence-corrected chi connectivity index (χ3v) is 7.58. The first kappa shape index (κ1) is 25.5. The van der Waals surface area contributed by atoms with Gasteiger partial charge in [-0.25, -0.2) is 0 Å². The van der Waals surface area contributed by atoms with Crippen LogP contribution in [0.5, 0.6) is 0 Å². The second-order valence-corrected chi connectivity index (χ2v) is 9.93. The van der Waals surface area contributed by atoms with Gasteiger partial charge in [0.05, 0.1) is 18.0 Å². The summed E-state index contributed by atoms with van der Waals surface area (Å²) in [6.07, 6.45) is 15.3. The Morgan fingerprint density at radius 1 is 1.42 bits per heavy atom. The summed E-state index contributed by atoms with van der Waals surface area (Å²) in [5.74, 6) is 0.403. The number of hydrogen-bond donors (Lipinski definition) is 2. The molecule has 0 spiro atoms. The van der Waals surface area contributed by atoms with Crippen molar-refractivity contribution in [1.29, 1.82) is 0 Å². The van der Waals surface area contributed by atoms with Crippen LogP contribution in [0.15, 0.2) is 53.7 Å². The number of esters is 1. The third-order valence-electron chi connectivity index (χ3n) is 7.58. The average molecular weight is 454 g/mol. The largest absolute Gasteiger partial charge is 0.464 e. The molecule has 182 valence electrons. The first-order chi connectivity index (χ1) is 15.9. The molecule has 1 fully saturated rings. The minimum Gasteiger partial charge on any atom is -0.464 e. The van der Waals surface area contributed by atoms with Crippen LogP contribution in [0.3, 0.4) is 0 Å². The van der Waals surface area contributed by atoms with Crippen LogP contribution in [-0.2, 0) is 9.53 Å². The van der Waals surface area contributed by atoms with Crippen molar-refractivity contribution >= 4 is 11.7 Å². The molecule has 5 nitrogen and oxygen atoms in total. The van der Waals surface area contributed by atoms with Gasteiger partial charge in [0.1, 0.15) is 6.61 Å². The van der Waals surface area contributed by atoms with Gasteiger partial charge in [-0.2, -0.15) is 0 Å². The fourth-order valence-electron chi connectivity index (χ4n) is 5.42. The predicted molar refractivity (Wildman–Crippen MR) is 137 cm³/mol. The number of dihydropyridines is 1. The summed E-state index contributed by atoms with van der Waals surface area (Å²) in [6, 6.07) is 0.722. The number of nitrogens with one attached hydrogen (secondary N) is 2. The first-order valence-corrected chi connectivity index (χ1v) is 12.8. The smallest absolute Gasteiger partial charge is 0.309 e. The molecule has 0 radical (unpaired) electrons. The topological polar surface area (TPSA) is 62.7 Å². The molecule has 2 heterocycles. The number of nitrogens with zero attached hydrogens (tertiary/aromatic N) is 1. The molecule has 2 N–H and O–H groups in total. The number of aliphatic imine (C=N–C) groups is 1. The van der Waals surface area contributed by atoms with E-state index in [9.17, 15) is 4.79 Å². The van der Waals surface area contributed by atoms with E-state index in [1.807, 2.05) is 0 Å². The Morgan fingerprint density at radius 2 is 2.24 bits per heavy atom. The quantitative estimate of drug-likeness (QED) is 0.337. The molecule has 0 bridgehead atoms. The van der Waals surface area contributed by atoms with Crippen LogP contribution in [-0.4, -0.2) is 43.0 Å². The van der Waals surface area contributed by atoms with Gasteiger partial charge >= 0.3 is 5.97 Å². The SMILES string of the molecule is C=CNC(C1CC=CC(C)=N1)C(C)C1=CC(CC(CC)C(=O)OC[C@H]2CCCN2)C(=C)CC1. The van der Waals surface area contributed by atoms with E-state index in [0.717, 1.165) is 57.2 Å². The summed E-state index contributed by atoms with van der Waals surface area (Å²) in [4.78, 5) is 17.7. The zero-order valence-corrected chi connectivity index (χ0v) is 20.8. The van der Waals surface area contributed by atoms with Gasteiger partial charge < -0.3 is 15.4 Å². The standard InChI is InChI=1S/C28H43N3O2/c1-6-22(28(32)33-18-25-11-9-15-30-25)16-24-17-23(14-13-19(24)3)21(5)27(29-7-2)26-12-8-10-20(4)31-26/h7-8,10,17,21-22,24-27,29-30H,2-3,6,9,11-16,18H2,1,4-5H3/t21?,22?,24?,25-,26?,27?/m1/s1. The van der Waals surface area contributed by atoms with Crippen molar-refractivity contribution in [1.82, 2.24) is 10.6 Å². The summed E-state index contributed by atoms with van der Waals surface area (Å²) < 4.78 is 5.70. The van der Waals surface area contributed by atoms with Crippen molar-refractivity contribution in [2.75, 3.05) is 13.2 Å². The van der Waals surface area contributed by atoms with E-state index in [-0.39, 0.29) is 29.9 Å². The highest BCUT2D eigenvalue weighted by atomic mass is 16.5. The fraction of sp³-hybridized carbons (Fsp3) is 0.643. The molecule has 0 amide bonds. The molecule has 0 saturated carbocycles. The van der Waals surface area contributed by atoms with Crippen molar-refractivity contribution in [3.8, 4) is 0 Å². The molecule has 3 aliphatic rings. The molecular formula is C28H43N3O2. The van der Waals surface area contributed by atoms with Gasteiger partial charge in [0.25, 0.3) is 0 Å². The van der Waals surface area contributed by atoms with Gasteiger partial charge in [-0.15, -0.1) is 0 Å². The van der Waals surface area contributed by atoms with Crippen LogP contribution >= 0.6 is 0 Å². The lowest BCUT2D eigenvalue weighted by Crippen LogP contribution is -2.43. The van der Waals surface area contributed by atoms with E-state index in [1.165, 1.54) is 11.1 Å². The molecule has 33 heavy (non-hydrogen) atoms. The van der Waals surface area contributed by atoms with E-state index in [0.29, 0.717) is 18.6 Å². The van der Waals surface area contributed by atoms with Crippen LogP contribution in [0.1, 0.15) is 65.7 Å². The molecule has 5 unspecified atom stereocenters. The number of allylic oxidation sites excluding steroid dienone is 3. The van der Waals surface area contributed by atoms with Crippen LogP contribution in [0, 0.1) is 17.8 Å². The lowest BCUT2D eigenvalue weighted by molar-refractivity contribution is -0.149. The van der Waals surface area contributed by atoms with Crippen molar-refractivity contribution in [2.24, 2.45) is 22.7 Å². The van der Waals surface area contributed by atoms with Crippen LogP contribution in [0.2, 0.25) is 0 Å². The number of ether oxygens (including phenoxy) is 1. The van der Waals surface area contributed by atoms with Crippen molar-refractivity contribution in [3.63, 3.8) is 0 Å². The molecule has 0 aromatic carbocycles. The van der Waals surface area contributed by atoms with Gasteiger partial charge in [-0.1, -0.05) is 50.3 Å². The molecule has 0 aromatic heterocycles. The van der Waals surface area contributed by atoms with Crippen molar-refractivity contribution < 1.29 is 9.53 Å². The Bertz CT molecular complexity index is 791. The van der Waals surface area contributed by atoms with Crippen LogP contribution < -0.4 is 10.6 Å². The highest BCUT2D eigenvalue weighted by molar-refractivity contribution is 5.93. The number of rotatable bonds is 11. The number of hydrogen-bond acceptors (Lipinski definition) is 5. The lowest BCUT2D eigenvalue weighted by atomic mass is 9.75. The Balaban J connectivity index is 1.66. The first-order valence-electron chi connectivity index (χ1n) is 12.8. The Morgan fingerprint density at radius 3 is 2.91 bits per heavy atom. The monoisotopic (exact) mass is 453 g/mol. The van der Waals surface area contributed by atoms with E-state index >= 15 is 0 Å². The van der Waals surface area contributed by atoms with Crippen LogP contribution in [0.4, 0.5) is 0 Å². The van der Waals surface area contributed by atoms with Gasteiger partial charge in [0.2, 0.25) is 0 Å². The van der Waals surface area contributed by atoms with Crippen molar-refractivity contribution in [2.45, 2.75) is 83.8 Å². The van der Waals surface area contributed by atoms with E-state index < -0.39 is 0 Å². The van der Waals surface area contributed by atoms with Gasteiger partial charge in [0.15, 0.2) is 0 Å². The Kier molecular flexibility index (Phi) is 9.54. The zero-order chi connectivity index (χ0) is 23.8. The molecule has 3 rings (SSSR count). The highest BCUT2D eigenvalue weighted by Crippen LogP contribution is 2.37. The summed E-state index contributed by atoms with van der Waals surface area (Å²) in [7, 11) is 0. The number of carbonyl (C=O) groups excluding carboxylic acids is 1. The van der Waals surface area contributed by atoms with Crippen LogP contribution in [0.25, 0.3) is 0 Å². The minimum atomic E-state index is -0.0862. The minimum absolute atomic E-state index is 0.0578. The molecule has 1 aliphatic carbocycles. The van der Waals surface area contributed by atoms with Crippen molar-refractivity contribution in [3.05, 3.63) is 48.7 Å². The van der Waals surface area contributed by atoms with E-state index in [2.05, 4.69) is 62.8 Å². The van der Waals surface area contributed by atoms with Gasteiger partial charge in [-0.3, -0.25) is 9.79 Å². The maximum absolute atomic E-state index is 12.8. The molecule has 1 saturated heterocycles. The molecule has 0 aromatic rings. The summed E-state index contributed by atoms with van der Waals surface area (Å²) >= 11 is 0. The fourth-order valence-corrected chi connectivity index (χ4v) is 5.42. The van der Waals surface area contributed by atoms with E-state index in [1.54, 1.807) is 6.20 Å². The molecule has 6 atom stereocenters. The summed E-state index contributed by atoms with van der Waals surface area (Å²) in [5, 5.41) is 6.89. The normalized spacial score (nSPS) is 27.8. The molecule has 5 heteroatoms. The lowest BCUT2D eigenvalue weighted by Gasteiger charge is -2.35. The van der Waals surface area contributed by atoms with Gasteiger partial charge in [0, 0.05) is 11.8 Å². The van der Waals surface area contributed by atoms with Gasteiger partial charge in [-0.05, 0) is 82.5 Å². The molecular weight excluding hydrogens is 410 g/mol. The number of carbonyl (C=O) groups is 1. The summed E-state index contributed by atoms with van der Waals surface area (Å²) in [5.41, 5.74) is 3.75. The second kappa shape index (κ2) is 12.4. The second-order valence-electron chi connectivity index (χ2n) is 9.93. The molecule has 2 aliphatic heterocycles. The van der Waals surface area contributed by atoms with E-state index in [4.69, 9.17) is 9.73 Å². The average Bonchev–Trinajstić information content (AvgIpc) is 3.34. The summed E-state index contributed by atoms with van der Waals surface area (Å²) in [6.45, 7) is 16.2. The maximum Gasteiger partial charge on any atom is 0.309 e. The Labute approximate surface area is 200 Å². The highest BCUT2D eigenvalue weighted by Gasteiger charge is 2.32. The maximum atomic E-state index is 12.8. The Hall–Kier alpha value is -2.14.